The molecule has 6 heteroatoms. The van der Waals surface area contributed by atoms with Crippen LogP contribution in [-0.2, 0) is 16.1 Å². The van der Waals surface area contributed by atoms with E-state index >= 15 is 0 Å². The third-order valence-electron chi connectivity index (χ3n) is 6.23. The molecule has 1 saturated heterocycles. The van der Waals surface area contributed by atoms with Crippen LogP contribution in [-0.4, -0.2) is 43.6 Å². The highest BCUT2D eigenvalue weighted by atomic mass is 16.5. The topological polar surface area (TPSA) is 67.9 Å². The molecule has 158 valence electrons. The Balaban J connectivity index is 1.71. The van der Waals surface area contributed by atoms with Gasteiger partial charge in [-0.3, -0.25) is 9.59 Å². The van der Waals surface area contributed by atoms with Crippen molar-refractivity contribution in [2.24, 2.45) is 5.41 Å². The number of fused-ring (bicyclic) bond motifs is 1. The van der Waals surface area contributed by atoms with Crippen LogP contribution in [0.1, 0.15) is 47.3 Å². The lowest BCUT2D eigenvalue weighted by Crippen LogP contribution is -2.47. The predicted molar refractivity (Wildman–Crippen MR) is 113 cm³/mol. The third kappa shape index (κ3) is 3.92. The average molecular weight is 408 g/mol. The van der Waals surface area contributed by atoms with Gasteiger partial charge in [0.05, 0.1) is 18.0 Å². The molecule has 2 heterocycles. The zero-order chi connectivity index (χ0) is 21.1. The first-order chi connectivity index (χ1) is 14.5. The van der Waals surface area contributed by atoms with Crippen molar-refractivity contribution in [3.8, 4) is 5.75 Å². The van der Waals surface area contributed by atoms with Gasteiger partial charge in [0.1, 0.15) is 12.4 Å². The number of rotatable bonds is 3. The van der Waals surface area contributed by atoms with E-state index in [-0.39, 0.29) is 17.9 Å². The Labute approximate surface area is 177 Å². The summed E-state index contributed by atoms with van der Waals surface area (Å²) in [4.78, 5) is 27.8. The summed E-state index contributed by atoms with van der Waals surface area (Å²) in [6.45, 7) is 4.04. The molecular weight excluding hydrogens is 380 g/mol. The van der Waals surface area contributed by atoms with Crippen molar-refractivity contribution in [1.82, 2.24) is 10.2 Å². The summed E-state index contributed by atoms with van der Waals surface area (Å²) in [6, 6.07) is 15.2. The van der Waals surface area contributed by atoms with Gasteiger partial charge in [-0.2, -0.15) is 0 Å². The van der Waals surface area contributed by atoms with Gasteiger partial charge >= 0.3 is 0 Å². The monoisotopic (exact) mass is 408 g/mol. The molecule has 0 saturated carbocycles. The molecule has 2 amide bonds. The van der Waals surface area contributed by atoms with Crippen molar-refractivity contribution >= 4 is 11.8 Å². The van der Waals surface area contributed by atoms with Crippen molar-refractivity contribution in [2.45, 2.75) is 32.4 Å². The van der Waals surface area contributed by atoms with Crippen LogP contribution >= 0.6 is 0 Å². The summed E-state index contributed by atoms with van der Waals surface area (Å²) in [7, 11) is 1.61. The largest absolute Gasteiger partial charge is 0.491 e. The minimum atomic E-state index is -0.447. The summed E-state index contributed by atoms with van der Waals surface area (Å²) in [6.07, 6.45) is 1.43. The number of carbonyl (C=O) groups excluding carboxylic acids is 2. The van der Waals surface area contributed by atoms with E-state index in [1.54, 1.807) is 19.2 Å². The maximum absolute atomic E-state index is 13.8. The molecule has 0 bridgehead atoms. The van der Waals surface area contributed by atoms with Crippen LogP contribution in [0.3, 0.4) is 0 Å². The van der Waals surface area contributed by atoms with Gasteiger partial charge < -0.3 is 19.7 Å². The van der Waals surface area contributed by atoms with Gasteiger partial charge in [0.25, 0.3) is 5.91 Å². The van der Waals surface area contributed by atoms with E-state index in [0.29, 0.717) is 50.5 Å². The Bertz CT molecular complexity index is 922. The Hall–Kier alpha value is -2.86. The fraction of sp³-hybridized carbons (Fsp3) is 0.417. The number of nitrogens with zero attached hydrogens (tertiary/aromatic N) is 1. The van der Waals surface area contributed by atoms with Crippen LogP contribution in [0.4, 0.5) is 0 Å². The van der Waals surface area contributed by atoms with Gasteiger partial charge in [-0.25, -0.2) is 0 Å². The molecule has 0 unspecified atom stereocenters. The van der Waals surface area contributed by atoms with E-state index in [4.69, 9.17) is 9.47 Å². The van der Waals surface area contributed by atoms with Crippen LogP contribution in [0.2, 0.25) is 0 Å². The Morgan fingerprint density at radius 3 is 2.53 bits per heavy atom. The molecule has 30 heavy (non-hydrogen) atoms. The number of amides is 2. The molecule has 2 aliphatic rings. The number of hydrogen-bond acceptors (Lipinski definition) is 4. The summed E-state index contributed by atoms with van der Waals surface area (Å²) in [5.74, 6) is 0.629. The number of ether oxygens (including phenoxy) is 2. The van der Waals surface area contributed by atoms with E-state index in [1.807, 2.05) is 48.2 Å². The fourth-order valence-corrected chi connectivity index (χ4v) is 4.20. The van der Waals surface area contributed by atoms with Gasteiger partial charge in [-0.05, 0) is 30.5 Å². The highest BCUT2D eigenvalue weighted by molar-refractivity contribution is 5.94. The van der Waals surface area contributed by atoms with Crippen LogP contribution in [0.5, 0.6) is 5.75 Å². The zero-order valence-electron chi connectivity index (χ0n) is 17.5. The molecule has 0 aliphatic carbocycles. The van der Waals surface area contributed by atoms with Crippen molar-refractivity contribution in [3.63, 3.8) is 0 Å². The predicted octanol–water partition coefficient (Wildman–Crippen LogP) is 3.33. The van der Waals surface area contributed by atoms with Gasteiger partial charge in [-0.15, -0.1) is 0 Å². The highest BCUT2D eigenvalue weighted by Gasteiger charge is 2.42. The highest BCUT2D eigenvalue weighted by Crippen LogP contribution is 2.39. The SMILES string of the molecule is CNC(=O)c1ccc2c(c1)OC[C@H](c1ccccc1)N(C(=O)C1(C)CCOCC1)C2. The minimum Gasteiger partial charge on any atom is -0.491 e. The second kappa shape index (κ2) is 8.48. The van der Waals surface area contributed by atoms with E-state index < -0.39 is 5.41 Å². The van der Waals surface area contributed by atoms with Crippen molar-refractivity contribution in [3.05, 3.63) is 65.2 Å². The van der Waals surface area contributed by atoms with Gasteiger partial charge in [0.15, 0.2) is 0 Å². The van der Waals surface area contributed by atoms with Crippen molar-refractivity contribution in [2.75, 3.05) is 26.9 Å². The molecule has 1 atom stereocenters. The minimum absolute atomic E-state index is 0.131. The van der Waals surface area contributed by atoms with E-state index in [1.165, 1.54) is 0 Å². The third-order valence-corrected chi connectivity index (χ3v) is 6.23. The van der Waals surface area contributed by atoms with Gasteiger partial charge in [-0.1, -0.05) is 43.3 Å². The van der Waals surface area contributed by atoms with Crippen LogP contribution in [0.15, 0.2) is 48.5 Å². The quantitative estimate of drug-likeness (QED) is 0.846. The first-order valence-corrected chi connectivity index (χ1v) is 10.4. The molecule has 0 aromatic heterocycles. The summed E-state index contributed by atoms with van der Waals surface area (Å²) >= 11 is 0. The lowest BCUT2D eigenvalue weighted by molar-refractivity contribution is -0.150. The molecule has 0 spiro atoms. The number of benzene rings is 2. The molecule has 1 fully saturated rings. The Morgan fingerprint density at radius 2 is 1.83 bits per heavy atom. The molecule has 4 rings (SSSR count). The summed E-state index contributed by atoms with van der Waals surface area (Å²) < 4.78 is 11.7. The second-order valence-corrected chi connectivity index (χ2v) is 8.25. The smallest absolute Gasteiger partial charge is 0.251 e. The molecule has 2 aromatic carbocycles. The fourth-order valence-electron chi connectivity index (χ4n) is 4.20. The second-order valence-electron chi connectivity index (χ2n) is 8.25. The first-order valence-electron chi connectivity index (χ1n) is 10.4. The average Bonchev–Trinajstić information content (AvgIpc) is 2.98. The van der Waals surface area contributed by atoms with E-state index in [0.717, 1.165) is 11.1 Å². The van der Waals surface area contributed by atoms with E-state index in [9.17, 15) is 9.59 Å². The van der Waals surface area contributed by atoms with Crippen LogP contribution < -0.4 is 10.1 Å². The standard InChI is InChI=1S/C24H28N2O4/c1-24(10-12-29-13-11-24)23(28)26-15-19-9-8-18(22(27)25-2)14-21(19)30-16-20(26)17-6-4-3-5-7-17/h3-9,14,20H,10-13,15-16H2,1-2H3,(H,25,27)/t20-/m1/s1. The summed E-state index contributed by atoms with van der Waals surface area (Å²) in [5.41, 5.74) is 2.05. The molecule has 1 N–H and O–H groups in total. The lowest BCUT2D eigenvalue weighted by Gasteiger charge is -2.39. The normalized spacial score (nSPS) is 20.5. The molecule has 6 nitrogen and oxygen atoms in total. The van der Waals surface area contributed by atoms with Crippen LogP contribution in [0.25, 0.3) is 0 Å². The maximum Gasteiger partial charge on any atom is 0.251 e. The zero-order valence-corrected chi connectivity index (χ0v) is 17.5. The van der Waals surface area contributed by atoms with E-state index in [2.05, 4.69) is 5.32 Å². The molecular formula is C24H28N2O4. The summed E-state index contributed by atoms with van der Waals surface area (Å²) in [5, 5.41) is 2.64. The van der Waals surface area contributed by atoms with Crippen LogP contribution in [0, 0.1) is 5.41 Å². The molecule has 2 aromatic rings. The van der Waals surface area contributed by atoms with Gasteiger partial charge in [0, 0.05) is 31.4 Å². The van der Waals surface area contributed by atoms with Crippen molar-refractivity contribution < 1.29 is 19.1 Å². The molecule has 0 radical (unpaired) electrons. The number of hydrogen-bond donors (Lipinski definition) is 1. The molecule has 2 aliphatic heterocycles. The first kappa shape index (κ1) is 20.4. The number of carbonyl (C=O) groups is 2. The van der Waals surface area contributed by atoms with Gasteiger partial charge in [0.2, 0.25) is 5.91 Å². The Morgan fingerprint density at radius 1 is 1.10 bits per heavy atom. The number of nitrogens with one attached hydrogen (secondary N) is 1. The Kier molecular flexibility index (Phi) is 5.77. The lowest BCUT2D eigenvalue weighted by atomic mass is 9.80. The van der Waals surface area contributed by atoms with Crippen molar-refractivity contribution in [1.29, 1.82) is 0 Å². The maximum atomic E-state index is 13.8.